The van der Waals surface area contributed by atoms with Crippen LogP contribution < -0.4 is 15.8 Å². The number of methoxy groups -OCH3 is 1. The summed E-state index contributed by atoms with van der Waals surface area (Å²) in [6, 6.07) is 7.83. The van der Waals surface area contributed by atoms with E-state index in [4.69, 9.17) is 15.2 Å². The smallest absolute Gasteiger partial charge is 0.310 e. The van der Waals surface area contributed by atoms with Crippen molar-refractivity contribution in [3.8, 4) is 5.75 Å². The van der Waals surface area contributed by atoms with Crippen LogP contribution in [0, 0.1) is 0 Å². The molecule has 0 unspecified atom stereocenters. The monoisotopic (exact) mass is 523 g/mol. The zero-order chi connectivity index (χ0) is 26.9. The molecule has 0 saturated carbocycles. The first kappa shape index (κ1) is 27.7. The minimum absolute atomic E-state index is 0.213. The fourth-order valence-corrected chi connectivity index (χ4v) is 4.75. The minimum Gasteiger partial charge on any atom is -0.496 e. The van der Waals surface area contributed by atoms with Crippen LogP contribution in [-0.2, 0) is 22.5 Å². The molecule has 3 aromatic rings. The molecule has 1 aliphatic heterocycles. The van der Waals surface area contributed by atoms with Crippen molar-refractivity contribution in [1.29, 1.82) is 0 Å². The molecule has 0 spiro atoms. The van der Waals surface area contributed by atoms with Crippen LogP contribution in [-0.4, -0.2) is 90.3 Å². The van der Waals surface area contributed by atoms with Crippen molar-refractivity contribution >= 4 is 28.8 Å². The van der Waals surface area contributed by atoms with E-state index in [1.807, 2.05) is 30.5 Å². The van der Waals surface area contributed by atoms with Crippen molar-refractivity contribution in [2.45, 2.75) is 39.2 Å². The van der Waals surface area contributed by atoms with Crippen molar-refractivity contribution in [3.63, 3.8) is 0 Å². The van der Waals surface area contributed by atoms with Crippen LogP contribution in [0.4, 0.5) is 11.8 Å². The molecule has 0 radical (unpaired) electrons. The van der Waals surface area contributed by atoms with Crippen LogP contribution in [0.1, 0.15) is 37.3 Å². The number of unbranched alkanes of at least 4 members (excludes halogenated alkanes) is 2. The lowest BCUT2D eigenvalue weighted by molar-refractivity contribution is -0.143. The summed E-state index contributed by atoms with van der Waals surface area (Å²) in [5, 5.41) is 3.43. The van der Waals surface area contributed by atoms with Crippen LogP contribution >= 0.6 is 0 Å². The first-order valence-electron chi connectivity index (χ1n) is 13.6. The van der Waals surface area contributed by atoms with Gasteiger partial charge in [0.25, 0.3) is 0 Å². The Kier molecular flexibility index (Phi) is 9.78. The summed E-state index contributed by atoms with van der Waals surface area (Å²) >= 11 is 0. The number of nitrogen functional groups attached to an aromatic ring is 1. The Morgan fingerprint density at radius 2 is 1.95 bits per heavy atom. The number of likely N-dealkylation sites (N-methyl/N-ethyl adjacent to an activating group) is 1. The Balaban J connectivity index is 1.39. The van der Waals surface area contributed by atoms with Gasteiger partial charge in [-0.15, -0.1) is 0 Å². The number of aromatic nitrogens is 3. The summed E-state index contributed by atoms with van der Waals surface area (Å²) in [5.41, 5.74) is 9.52. The average Bonchev–Trinajstić information content (AvgIpc) is 3.30. The van der Waals surface area contributed by atoms with E-state index in [2.05, 4.69) is 43.6 Å². The van der Waals surface area contributed by atoms with E-state index >= 15 is 0 Å². The third-order valence-electron chi connectivity index (χ3n) is 7.01. The summed E-state index contributed by atoms with van der Waals surface area (Å²) in [6.45, 7) is 8.90. The number of ether oxygens (including phenoxy) is 2. The predicted octanol–water partition coefficient (Wildman–Crippen LogP) is 3.01. The van der Waals surface area contributed by atoms with Gasteiger partial charge in [-0.1, -0.05) is 31.9 Å². The standard InChI is InChI=1S/C28H41N7O3/c1-4-5-6-10-30-27-26-23(31-28(29)32-27)9-11-35(26)20-22-8-7-21(18-24(22)37-3)19-25(36)38-17-16-34-14-12-33(2)13-15-34/h7-9,11,18H,4-6,10,12-17,19-20H2,1-3H3,(H3,29,30,31,32). The number of benzene rings is 1. The molecule has 0 atom stereocenters. The SMILES string of the molecule is CCCCCNc1nc(N)nc2ccn(Cc3ccc(CC(=O)OCCN4CCN(C)CC4)cc3OC)c12. The molecule has 0 amide bonds. The second kappa shape index (κ2) is 13.4. The summed E-state index contributed by atoms with van der Waals surface area (Å²) in [7, 11) is 3.78. The predicted molar refractivity (Wildman–Crippen MR) is 151 cm³/mol. The molecule has 0 bridgehead atoms. The molecule has 10 heteroatoms. The van der Waals surface area contributed by atoms with Crippen LogP contribution in [0.3, 0.4) is 0 Å². The molecule has 3 heterocycles. The van der Waals surface area contributed by atoms with Gasteiger partial charge in [-0.2, -0.15) is 4.98 Å². The van der Waals surface area contributed by atoms with E-state index in [0.717, 1.165) is 92.3 Å². The van der Waals surface area contributed by atoms with Gasteiger partial charge in [0, 0.05) is 51.0 Å². The number of nitrogens with one attached hydrogen (secondary N) is 1. The molecule has 3 N–H and O–H groups in total. The fourth-order valence-electron chi connectivity index (χ4n) is 4.75. The van der Waals surface area contributed by atoms with Gasteiger partial charge in [0.2, 0.25) is 5.95 Å². The Hall–Kier alpha value is -3.37. The first-order chi connectivity index (χ1) is 18.5. The van der Waals surface area contributed by atoms with Gasteiger partial charge in [-0.3, -0.25) is 9.69 Å². The zero-order valence-electron chi connectivity index (χ0n) is 22.9. The number of rotatable bonds is 13. The average molecular weight is 524 g/mol. The van der Waals surface area contributed by atoms with Crippen molar-refractivity contribution in [3.05, 3.63) is 41.6 Å². The van der Waals surface area contributed by atoms with Crippen LogP contribution in [0.15, 0.2) is 30.5 Å². The van der Waals surface area contributed by atoms with Crippen molar-refractivity contribution in [1.82, 2.24) is 24.3 Å². The third-order valence-corrected chi connectivity index (χ3v) is 7.01. The highest BCUT2D eigenvalue weighted by atomic mass is 16.5. The number of hydrogen-bond donors (Lipinski definition) is 2. The molecule has 1 fully saturated rings. The van der Waals surface area contributed by atoms with Gasteiger partial charge >= 0.3 is 5.97 Å². The van der Waals surface area contributed by atoms with E-state index in [0.29, 0.717) is 13.2 Å². The quantitative estimate of drug-likeness (QED) is 0.258. The van der Waals surface area contributed by atoms with E-state index in [1.54, 1.807) is 7.11 Å². The Morgan fingerprint density at radius 1 is 1.13 bits per heavy atom. The maximum atomic E-state index is 12.5. The van der Waals surface area contributed by atoms with E-state index in [9.17, 15) is 4.79 Å². The van der Waals surface area contributed by atoms with Gasteiger partial charge in [0.1, 0.15) is 17.9 Å². The first-order valence-corrected chi connectivity index (χ1v) is 13.6. The summed E-state index contributed by atoms with van der Waals surface area (Å²) < 4.78 is 13.3. The van der Waals surface area contributed by atoms with Gasteiger partial charge in [0.15, 0.2) is 5.82 Å². The number of piperazine rings is 1. The van der Waals surface area contributed by atoms with Crippen molar-refractivity contribution in [2.75, 3.05) is 71.1 Å². The lowest BCUT2D eigenvalue weighted by Gasteiger charge is -2.32. The van der Waals surface area contributed by atoms with Crippen LogP contribution in [0.25, 0.3) is 11.0 Å². The normalized spacial score (nSPS) is 14.6. The number of esters is 1. The molecule has 0 aliphatic carbocycles. The molecule has 1 saturated heterocycles. The number of nitrogens with zero attached hydrogens (tertiary/aromatic N) is 5. The van der Waals surface area contributed by atoms with Gasteiger partial charge < -0.3 is 30.0 Å². The number of nitrogens with two attached hydrogens (primary N) is 1. The number of carbonyl (C=O) groups excluding carboxylic acids is 1. The number of hydrogen-bond acceptors (Lipinski definition) is 9. The zero-order valence-corrected chi connectivity index (χ0v) is 22.9. The summed E-state index contributed by atoms with van der Waals surface area (Å²) in [4.78, 5) is 26.0. The highest BCUT2D eigenvalue weighted by Crippen LogP contribution is 2.27. The number of carbonyl (C=O) groups is 1. The van der Waals surface area contributed by atoms with Crippen molar-refractivity contribution in [2.24, 2.45) is 0 Å². The van der Waals surface area contributed by atoms with Crippen molar-refractivity contribution < 1.29 is 14.3 Å². The molecule has 2 aromatic heterocycles. The molecular formula is C28H41N7O3. The molecule has 10 nitrogen and oxygen atoms in total. The molecule has 1 aromatic carbocycles. The van der Waals surface area contributed by atoms with Gasteiger partial charge in [0.05, 0.1) is 25.6 Å². The topological polar surface area (TPSA) is 111 Å². The summed E-state index contributed by atoms with van der Waals surface area (Å²) in [6.07, 6.45) is 5.58. The highest BCUT2D eigenvalue weighted by Gasteiger charge is 2.16. The van der Waals surface area contributed by atoms with Crippen LogP contribution in [0.5, 0.6) is 5.75 Å². The lowest BCUT2D eigenvalue weighted by Crippen LogP contribution is -2.45. The minimum atomic E-state index is -0.223. The Bertz CT molecular complexity index is 1200. The number of anilines is 2. The molecule has 1 aliphatic rings. The van der Waals surface area contributed by atoms with E-state index < -0.39 is 0 Å². The number of fused-ring (bicyclic) bond motifs is 1. The largest absolute Gasteiger partial charge is 0.496 e. The maximum absolute atomic E-state index is 12.5. The van der Waals surface area contributed by atoms with Gasteiger partial charge in [-0.25, -0.2) is 4.98 Å². The summed E-state index contributed by atoms with van der Waals surface area (Å²) in [5.74, 6) is 1.50. The highest BCUT2D eigenvalue weighted by molar-refractivity contribution is 5.87. The lowest BCUT2D eigenvalue weighted by atomic mass is 10.1. The Labute approximate surface area is 225 Å². The molecular weight excluding hydrogens is 482 g/mol. The van der Waals surface area contributed by atoms with E-state index in [-0.39, 0.29) is 18.3 Å². The Morgan fingerprint density at radius 3 is 2.71 bits per heavy atom. The van der Waals surface area contributed by atoms with E-state index in [1.165, 1.54) is 0 Å². The molecule has 4 rings (SSSR count). The van der Waals surface area contributed by atoms with Gasteiger partial charge in [-0.05, 0) is 31.2 Å². The third kappa shape index (κ3) is 7.35. The second-order valence-electron chi connectivity index (χ2n) is 9.93. The molecule has 206 valence electrons. The molecule has 38 heavy (non-hydrogen) atoms. The fraction of sp³-hybridized carbons (Fsp3) is 0.536. The maximum Gasteiger partial charge on any atom is 0.310 e. The second-order valence-corrected chi connectivity index (χ2v) is 9.93. The van der Waals surface area contributed by atoms with Crippen LogP contribution in [0.2, 0.25) is 0 Å².